The maximum absolute atomic E-state index is 12.6. The Balaban J connectivity index is 1.73. The lowest BCUT2D eigenvalue weighted by molar-refractivity contribution is 0.0162. The van der Waals surface area contributed by atoms with E-state index in [1.54, 1.807) is 24.7 Å². The summed E-state index contributed by atoms with van der Waals surface area (Å²) in [5.74, 6) is -0.0928. The molecule has 0 spiro atoms. The number of carbonyl (C=O) groups is 1. The molecule has 1 aliphatic heterocycles. The first-order valence-electron chi connectivity index (χ1n) is 8.28. The minimum Gasteiger partial charge on any atom is -0.379 e. The van der Waals surface area contributed by atoms with Crippen molar-refractivity contribution >= 4 is 17.7 Å². The predicted molar refractivity (Wildman–Crippen MR) is 97.7 cm³/mol. The summed E-state index contributed by atoms with van der Waals surface area (Å²) in [6.45, 7) is 3.67. The Bertz CT molecular complexity index is 692. The molecule has 1 N–H and O–H groups in total. The molecule has 1 fully saturated rings. The molecule has 0 aliphatic carbocycles. The minimum absolute atomic E-state index is 0.0928. The standard InChI is InChI=1S/C18H22N4O2S/c1-25-18-15(3-2-6-20-18)17(23)21-13-16(14-4-7-19-8-5-14)22-9-11-24-12-10-22/h2-8,16H,9-13H2,1H3,(H,21,23)/t16-/m0/s1. The van der Waals surface area contributed by atoms with E-state index in [1.165, 1.54) is 11.8 Å². The van der Waals surface area contributed by atoms with Crippen molar-refractivity contribution in [2.24, 2.45) is 0 Å². The molecular weight excluding hydrogens is 336 g/mol. The van der Waals surface area contributed by atoms with Gasteiger partial charge in [0.2, 0.25) is 0 Å². The summed E-state index contributed by atoms with van der Waals surface area (Å²) < 4.78 is 5.46. The first-order valence-corrected chi connectivity index (χ1v) is 9.51. The van der Waals surface area contributed by atoms with Crippen LogP contribution in [0.1, 0.15) is 22.0 Å². The van der Waals surface area contributed by atoms with E-state index in [-0.39, 0.29) is 11.9 Å². The third-order valence-electron chi connectivity index (χ3n) is 4.24. The lowest BCUT2D eigenvalue weighted by Crippen LogP contribution is -2.43. The van der Waals surface area contributed by atoms with E-state index in [9.17, 15) is 4.79 Å². The third kappa shape index (κ3) is 4.56. The van der Waals surface area contributed by atoms with Crippen molar-refractivity contribution in [2.45, 2.75) is 11.1 Å². The maximum atomic E-state index is 12.6. The molecule has 0 aromatic carbocycles. The Morgan fingerprint density at radius 1 is 1.28 bits per heavy atom. The fraction of sp³-hybridized carbons (Fsp3) is 0.389. The van der Waals surface area contributed by atoms with Crippen molar-refractivity contribution in [3.05, 3.63) is 54.0 Å². The van der Waals surface area contributed by atoms with E-state index in [4.69, 9.17) is 4.74 Å². The highest BCUT2D eigenvalue weighted by molar-refractivity contribution is 7.98. The van der Waals surface area contributed by atoms with Crippen molar-refractivity contribution in [1.29, 1.82) is 0 Å². The highest BCUT2D eigenvalue weighted by Crippen LogP contribution is 2.21. The molecule has 0 bridgehead atoms. The van der Waals surface area contributed by atoms with Crippen LogP contribution in [0.15, 0.2) is 47.9 Å². The number of ether oxygens (including phenoxy) is 1. The van der Waals surface area contributed by atoms with E-state index in [1.807, 2.05) is 24.5 Å². The lowest BCUT2D eigenvalue weighted by atomic mass is 10.1. The Hall–Kier alpha value is -1.96. The second-order valence-electron chi connectivity index (χ2n) is 5.71. The molecule has 132 valence electrons. The van der Waals surface area contributed by atoms with Crippen LogP contribution < -0.4 is 5.32 Å². The van der Waals surface area contributed by atoms with Crippen LogP contribution in [0, 0.1) is 0 Å². The summed E-state index contributed by atoms with van der Waals surface area (Å²) >= 11 is 1.48. The Morgan fingerprint density at radius 2 is 2.04 bits per heavy atom. The number of morpholine rings is 1. The van der Waals surface area contributed by atoms with Gasteiger partial charge in [-0.2, -0.15) is 0 Å². The van der Waals surface area contributed by atoms with Gasteiger partial charge in [0.05, 0.1) is 24.8 Å². The van der Waals surface area contributed by atoms with Crippen LogP contribution >= 0.6 is 11.8 Å². The number of thioether (sulfide) groups is 1. The zero-order valence-electron chi connectivity index (χ0n) is 14.2. The van der Waals surface area contributed by atoms with Gasteiger partial charge in [-0.25, -0.2) is 4.98 Å². The number of carbonyl (C=O) groups excluding carboxylic acids is 1. The third-order valence-corrected chi connectivity index (χ3v) is 4.95. The fourth-order valence-electron chi connectivity index (χ4n) is 2.94. The summed E-state index contributed by atoms with van der Waals surface area (Å²) in [4.78, 5) is 23.3. The number of hydrogen-bond acceptors (Lipinski definition) is 6. The maximum Gasteiger partial charge on any atom is 0.254 e. The van der Waals surface area contributed by atoms with Gasteiger partial charge in [0.15, 0.2) is 0 Å². The van der Waals surface area contributed by atoms with Gasteiger partial charge in [-0.3, -0.25) is 14.7 Å². The molecule has 0 radical (unpaired) electrons. The van der Waals surface area contributed by atoms with Crippen molar-refractivity contribution in [2.75, 3.05) is 39.1 Å². The summed E-state index contributed by atoms with van der Waals surface area (Å²) in [5.41, 5.74) is 1.76. The number of nitrogens with one attached hydrogen (secondary N) is 1. The van der Waals surface area contributed by atoms with E-state index in [0.29, 0.717) is 12.1 Å². The molecule has 0 saturated carbocycles. The molecule has 1 saturated heterocycles. The summed E-state index contributed by atoms with van der Waals surface area (Å²) in [5, 5.41) is 3.82. The van der Waals surface area contributed by atoms with Gasteiger partial charge in [0.1, 0.15) is 5.03 Å². The van der Waals surface area contributed by atoms with E-state index in [0.717, 1.165) is 36.9 Å². The molecule has 6 nitrogen and oxygen atoms in total. The zero-order chi connectivity index (χ0) is 17.5. The molecule has 1 atom stereocenters. The summed E-state index contributed by atoms with van der Waals surface area (Å²) in [7, 11) is 0. The van der Waals surface area contributed by atoms with Crippen molar-refractivity contribution in [3.63, 3.8) is 0 Å². The number of nitrogens with zero attached hydrogens (tertiary/aromatic N) is 3. The smallest absolute Gasteiger partial charge is 0.254 e. The summed E-state index contributed by atoms with van der Waals surface area (Å²) in [6, 6.07) is 7.71. The van der Waals surface area contributed by atoms with E-state index < -0.39 is 0 Å². The van der Waals surface area contributed by atoms with Crippen LogP contribution in [-0.2, 0) is 4.74 Å². The van der Waals surface area contributed by atoms with Gasteiger partial charge < -0.3 is 10.1 Å². The van der Waals surface area contributed by atoms with Crippen molar-refractivity contribution < 1.29 is 9.53 Å². The van der Waals surface area contributed by atoms with Crippen molar-refractivity contribution in [3.8, 4) is 0 Å². The Labute approximate surface area is 152 Å². The monoisotopic (exact) mass is 358 g/mol. The van der Waals surface area contributed by atoms with Crippen LogP contribution in [0.4, 0.5) is 0 Å². The normalized spacial score (nSPS) is 16.4. The predicted octanol–water partition coefficient (Wildman–Crippen LogP) is 2.00. The number of pyridine rings is 2. The fourth-order valence-corrected chi connectivity index (χ4v) is 3.49. The van der Waals surface area contributed by atoms with Crippen LogP contribution in [0.3, 0.4) is 0 Å². The van der Waals surface area contributed by atoms with Gasteiger partial charge in [0, 0.05) is 38.2 Å². The molecule has 2 aromatic rings. The van der Waals surface area contributed by atoms with Gasteiger partial charge in [-0.05, 0) is 36.1 Å². The SMILES string of the molecule is CSc1ncccc1C(=O)NC[C@@H](c1ccncc1)N1CCOCC1. The average molecular weight is 358 g/mol. The minimum atomic E-state index is -0.0928. The second-order valence-corrected chi connectivity index (χ2v) is 6.51. The highest BCUT2D eigenvalue weighted by Gasteiger charge is 2.23. The molecule has 1 aliphatic rings. The molecule has 0 unspecified atom stereocenters. The molecule has 2 aromatic heterocycles. The van der Waals surface area contributed by atoms with Gasteiger partial charge in [0.25, 0.3) is 5.91 Å². The van der Waals surface area contributed by atoms with Crippen LogP contribution in [0.25, 0.3) is 0 Å². The van der Waals surface area contributed by atoms with Crippen LogP contribution in [0.5, 0.6) is 0 Å². The molecule has 7 heteroatoms. The first-order chi connectivity index (χ1) is 12.3. The van der Waals surface area contributed by atoms with Gasteiger partial charge in [-0.15, -0.1) is 11.8 Å². The highest BCUT2D eigenvalue weighted by atomic mass is 32.2. The molecule has 3 heterocycles. The van der Waals surface area contributed by atoms with Gasteiger partial charge in [-0.1, -0.05) is 0 Å². The largest absolute Gasteiger partial charge is 0.379 e. The Morgan fingerprint density at radius 3 is 2.76 bits per heavy atom. The van der Waals surface area contributed by atoms with E-state index >= 15 is 0 Å². The number of aromatic nitrogens is 2. The van der Waals surface area contributed by atoms with Gasteiger partial charge >= 0.3 is 0 Å². The summed E-state index contributed by atoms with van der Waals surface area (Å²) in [6.07, 6.45) is 7.21. The van der Waals surface area contributed by atoms with Crippen LogP contribution in [0.2, 0.25) is 0 Å². The number of amides is 1. The first kappa shape index (κ1) is 17.8. The lowest BCUT2D eigenvalue weighted by Gasteiger charge is -2.34. The molecule has 25 heavy (non-hydrogen) atoms. The van der Waals surface area contributed by atoms with E-state index in [2.05, 4.69) is 20.2 Å². The molecule has 3 rings (SSSR count). The second kappa shape index (κ2) is 8.94. The number of rotatable bonds is 6. The topological polar surface area (TPSA) is 67.4 Å². The quantitative estimate of drug-likeness (QED) is 0.797. The zero-order valence-corrected chi connectivity index (χ0v) is 15.0. The Kier molecular flexibility index (Phi) is 6.38. The van der Waals surface area contributed by atoms with Crippen molar-refractivity contribution in [1.82, 2.24) is 20.2 Å². The molecule has 1 amide bonds. The number of hydrogen-bond donors (Lipinski definition) is 1. The van der Waals surface area contributed by atoms with Crippen LogP contribution in [-0.4, -0.2) is 59.9 Å². The molecular formula is C18H22N4O2S. The average Bonchev–Trinajstić information content (AvgIpc) is 2.69.